The Labute approximate surface area is 115 Å². The zero-order valence-electron chi connectivity index (χ0n) is 11.2. The Morgan fingerprint density at radius 1 is 1.50 bits per heavy atom. The maximum Gasteiger partial charge on any atom is 0.311 e. The fourth-order valence-corrected chi connectivity index (χ4v) is 2.84. The summed E-state index contributed by atoms with van der Waals surface area (Å²) in [7, 11) is 0. The normalized spacial score (nSPS) is 22.6. The summed E-state index contributed by atoms with van der Waals surface area (Å²) in [6, 6.07) is 3.61. The minimum atomic E-state index is -0.717. The van der Waals surface area contributed by atoms with Gasteiger partial charge < -0.3 is 10.0 Å². The average molecular weight is 276 g/mol. The second kappa shape index (κ2) is 4.69. The van der Waals surface area contributed by atoms with Crippen molar-refractivity contribution < 1.29 is 9.90 Å². The second-order valence-electron chi connectivity index (χ2n) is 5.23. The largest absolute Gasteiger partial charge is 0.481 e. The Morgan fingerprint density at radius 2 is 2.35 bits per heavy atom. The van der Waals surface area contributed by atoms with Crippen molar-refractivity contribution in [2.45, 2.75) is 26.2 Å². The van der Waals surface area contributed by atoms with Gasteiger partial charge in [0.05, 0.1) is 5.41 Å². The highest BCUT2D eigenvalue weighted by Gasteiger charge is 2.44. The van der Waals surface area contributed by atoms with Crippen molar-refractivity contribution in [2.24, 2.45) is 5.41 Å². The molecule has 106 valence electrons. The predicted molar refractivity (Wildman–Crippen MR) is 70.4 cm³/mol. The second-order valence-corrected chi connectivity index (χ2v) is 5.23. The summed E-state index contributed by atoms with van der Waals surface area (Å²) < 4.78 is 1.36. The Bertz CT molecular complexity index is 642. The van der Waals surface area contributed by atoms with E-state index in [0.717, 1.165) is 6.42 Å². The first kappa shape index (κ1) is 12.8. The van der Waals surface area contributed by atoms with Crippen molar-refractivity contribution in [1.29, 1.82) is 0 Å². The van der Waals surface area contributed by atoms with E-state index in [4.69, 9.17) is 0 Å². The Balaban J connectivity index is 1.86. The maximum atomic E-state index is 11.6. The van der Waals surface area contributed by atoms with Crippen LogP contribution in [0.2, 0.25) is 0 Å². The first-order valence-corrected chi connectivity index (χ1v) is 6.68. The number of rotatable bonds is 4. The molecule has 0 aromatic carbocycles. The molecule has 0 saturated carbocycles. The molecule has 2 aromatic heterocycles. The molecule has 0 radical (unpaired) electrons. The molecule has 3 rings (SSSR count). The molecular formula is C12H16N6O2. The number of hydrogen-bond donors (Lipinski definition) is 1. The number of nitrogens with zero attached hydrogens (tertiary/aromatic N) is 6. The van der Waals surface area contributed by atoms with E-state index in [1.54, 1.807) is 6.07 Å². The van der Waals surface area contributed by atoms with Gasteiger partial charge in [-0.25, -0.2) is 0 Å². The van der Waals surface area contributed by atoms with E-state index < -0.39 is 11.4 Å². The highest BCUT2D eigenvalue weighted by atomic mass is 16.4. The number of carbonyl (C=O) groups is 1. The van der Waals surface area contributed by atoms with Crippen LogP contribution in [0.15, 0.2) is 12.1 Å². The quantitative estimate of drug-likeness (QED) is 0.873. The van der Waals surface area contributed by atoms with Crippen molar-refractivity contribution in [3.05, 3.63) is 12.1 Å². The van der Waals surface area contributed by atoms with Gasteiger partial charge in [0, 0.05) is 13.1 Å². The summed E-state index contributed by atoms with van der Waals surface area (Å²) in [6.07, 6.45) is 2.19. The van der Waals surface area contributed by atoms with Crippen LogP contribution < -0.4 is 4.90 Å². The molecule has 2 aromatic rings. The third-order valence-electron chi connectivity index (χ3n) is 3.92. The van der Waals surface area contributed by atoms with Crippen LogP contribution in [0, 0.1) is 5.41 Å². The number of fused-ring (bicyclic) bond motifs is 1. The molecule has 3 heterocycles. The number of tetrazole rings is 1. The first-order chi connectivity index (χ1) is 9.64. The highest BCUT2D eigenvalue weighted by Crippen LogP contribution is 2.37. The lowest BCUT2D eigenvalue weighted by Crippen LogP contribution is -2.35. The molecule has 1 fully saturated rings. The first-order valence-electron chi connectivity index (χ1n) is 6.68. The van der Waals surface area contributed by atoms with Crippen LogP contribution in [-0.2, 0) is 4.79 Å². The van der Waals surface area contributed by atoms with E-state index in [2.05, 4.69) is 20.6 Å². The smallest absolute Gasteiger partial charge is 0.311 e. The van der Waals surface area contributed by atoms with Gasteiger partial charge in [0.1, 0.15) is 0 Å². The van der Waals surface area contributed by atoms with Gasteiger partial charge in [-0.1, -0.05) is 13.3 Å². The maximum absolute atomic E-state index is 11.6. The Hall–Kier alpha value is -2.25. The zero-order chi connectivity index (χ0) is 14.2. The zero-order valence-corrected chi connectivity index (χ0v) is 11.2. The van der Waals surface area contributed by atoms with Crippen LogP contribution >= 0.6 is 0 Å². The minimum absolute atomic E-state index is 0.483. The van der Waals surface area contributed by atoms with Crippen molar-refractivity contribution in [3.8, 4) is 0 Å². The number of carboxylic acids is 1. The van der Waals surface area contributed by atoms with Gasteiger partial charge in [0.15, 0.2) is 11.5 Å². The van der Waals surface area contributed by atoms with Gasteiger partial charge in [-0.05, 0) is 35.4 Å². The van der Waals surface area contributed by atoms with E-state index in [-0.39, 0.29) is 0 Å². The van der Waals surface area contributed by atoms with Crippen LogP contribution in [0.25, 0.3) is 5.65 Å². The number of anilines is 1. The summed E-state index contributed by atoms with van der Waals surface area (Å²) in [5.74, 6) is -0.00520. The van der Waals surface area contributed by atoms with E-state index in [1.165, 1.54) is 4.63 Å². The molecule has 1 atom stereocenters. The topological polar surface area (TPSA) is 96.5 Å². The SMILES string of the molecule is CCCC1(C(=O)O)CCN(c2ccc3nnnn3n2)C1. The molecule has 1 aliphatic rings. The molecule has 20 heavy (non-hydrogen) atoms. The monoisotopic (exact) mass is 276 g/mol. The van der Waals surface area contributed by atoms with Crippen molar-refractivity contribution in [3.63, 3.8) is 0 Å². The molecule has 1 aliphatic heterocycles. The molecule has 1 N–H and O–H groups in total. The summed E-state index contributed by atoms with van der Waals surface area (Å²) in [5, 5.41) is 24.9. The highest BCUT2D eigenvalue weighted by molar-refractivity contribution is 5.76. The fraction of sp³-hybridized carbons (Fsp3) is 0.583. The molecule has 0 bridgehead atoms. The third-order valence-corrected chi connectivity index (χ3v) is 3.92. The van der Waals surface area contributed by atoms with E-state index in [1.807, 2.05) is 17.9 Å². The van der Waals surface area contributed by atoms with Crippen molar-refractivity contribution >= 4 is 17.4 Å². The lowest BCUT2D eigenvalue weighted by Gasteiger charge is -2.24. The van der Waals surface area contributed by atoms with Gasteiger partial charge in [0.25, 0.3) is 0 Å². The van der Waals surface area contributed by atoms with Crippen LogP contribution in [0.5, 0.6) is 0 Å². The number of carboxylic acid groups (broad SMARTS) is 1. The van der Waals surface area contributed by atoms with E-state index in [9.17, 15) is 9.90 Å². The number of aromatic nitrogens is 5. The van der Waals surface area contributed by atoms with Gasteiger partial charge in [-0.15, -0.1) is 14.8 Å². The van der Waals surface area contributed by atoms with Gasteiger partial charge in [-0.2, -0.15) is 0 Å². The molecule has 1 unspecified atom stereocenters. The standard InChI is InChI=1S/C12H16N6O2/c1-2-5-12(11(19)20)6-7-17(8-12)10-4-3-9-13-15-16-18(9)14-10/h3-4H,2,5-8H2,1H3,(H,19,20). The molecular weight excluding hydrogens is 260 g/mol. The lowest BCUT2D eigenvalue weighted by atomic mass is 9.83. The molecule has 8 nitrogen and oxygen atoms in total. The van der Waals surface area contributed by atoms with Crippen LogP contribution in [-0.4, -0.2) is 49.4 Å². The molecule has 1 saturated heterocycles. The molecule has 0 spiro atoms. The summed E-state index contributed by atoms with van der Waals surface area (Å²) in [5.41, 5.74) is -0.0857. The van der Waals surface area contributed by atoms with Crippen LogP contribution in [0.4, 0.5) is 5.82 Å². The van der Waals surface area contributed by atoms with Crippen molar-refractivity contribution in [1.82, 2.24) is 25.3 Å². The van der Waals surface area contributed by atoms with Crippen molar-refractivity contribution in [2.75, 3.05) is 18.0 Å². The molecule has 8 heteroatoms. The predicted octanol–water partition coefficient (Wildman–Crippen LogP) is 0.600. The fourth-order valence-electron chi connectivity index (χ4n) is 2.84. The van der Waals surface area contributed by atoms with Crippen LogP contribution in [0.3, 0.4) is 0 Å². The summed E-state index contributed by atoms with van der Waals surface area (Å²) in [6.45, 7) is 3.18. The number of hydrogen-bond acceptors (Lipinski definition) is 6. The third kappa shape index (κ3) is 1.97. The Kier molecular flexibility index (Phi) is 3.00. The van der Waals surface area contributed by atoms with Gasteiger partial charge >= 0.3 is 5.97 Å². The average Bonchev–Trinajstić information content (AvgIpc) is 3.05. The van der Waals surface area contributed by atoms with Gasteiger partial charge in [0.2, 0.25) is 0 Å². The summed E-state index contributed by atoms with van der Waals surface area (Å²) in [4.78, 5) is 13.6. The summed E-state index contributed by atoms with van der Waals surface area (Å²) >= 11 is 0. The van der Waals surface area contributed by atoms with Crippen LogP contribution in [0.1, 0.15) is 26.2 Å². The molecule has 0 amide bonds. The molecule has 0 aliphatic carbocycles. The number of aliphatic carboxylic acids is 1. The van der Waals surface area contributed by atoms with E-state index in [0.29, 0.717) is 37.4 Å². The lowest BCUT2D eigenvalue weighted by molar-refractivity contribution is -0.148. The minimum Gasteiger partial charge on any atom is -0.481 e. The Morgan fingerprint density at radius 3 is 3.10 bits per heavy atom. The van der Waals surface area contributed by atoms with E-state index >= 15 is 0 Å². The van der Waals surface area contributed by atoms with Gasteiger partial charge in [-0.3, -0.25) is 4.79 Å².